The number of likely N-dealkylation sites (tertiary alicyclic amines) is 1. The Balaban J connectivity index is 1.36. The second-order valence-corrected chi connectivity index (χ2v) is 8.62. The molecule has 4 aliphatic rings. The Kier molecular flexibility index (Phi) is 3.96. The van der Waals surface area contributed by atoms with Gasteiger partial charge in [0.1, 0.15) is 5.84 Å². The number of hydrogen-bond donors (Lipinski definition) is 1. The molecule has 1 saturated heterocycles. The summed E-state index contributed by atoms with van der Waals surface area (Å²) in [4.78, 5) is 16.7. The number of amides is 1. The summed E-state index contributed by atoms with van der Waals surface area (Å²) in [5, 5.41) is 3.11. The molecule has 0 aromatic rings. The smallest absolute Gasteiger partial charge is 0.256 e. The van der Waals surface area contributed by atoms with Crippen molar-refractivity contribution in [3.8, 4) is 0 Å². The Morgan fingerprint density at radius 1 is 1.12 bits per heavy atom. The number of carbonyl (C=O) groups is 1. The van der Waals surface area contributed by atoms with E-state index < -0.39 is 10.0 Å². The standard InChI is InChI=1S/C16H22N4O3S/c21-16(17-13-5-7-19(8-6-13)14-2-3-14)12-1-4-15-18-24(22,23)10-9-20(15)11-12/h1,4,11,13-14H,2-3,5-10H2,(H,17,21). The molecule has 4 rings (SSSR count). The highest BCUT2D eigenvalue weighted by molar-refractivity contribution is 7.90. The number of rotatable bonds is 3. The minimum absolute atomic E-state index is 0.0185. The molecule has 1 amide bonds. The van der Waals surface area contributed by atoms with E-state index in [1.165, 1.54) is 12.8 Å². The first kappa shape index (κ1) is 15.8. The van der Waals surface area contributed by atoms with Gasteiger partial charge >= 0.3 is 0 Å². The van der Waals surface area contributed by atoms with E-state index in [-0.39, 0.29) is 17.7 Å². The average Bonchev–Trinajstić information content (AvgIpc) is 3.39. The Labute approximate surface area is 142 Å². The van der Waals surface area contributed by atoms with Crippen LogP contribution in [0.25, 0.3) is 0 Å². The summed E-state index contributed by atoms with van der Waals surface area (Å²) in [6.07, 6.45) is 9.57. The maximum atomic E-state index is 12.5. The number of fused-ring (bicyclic) bond motifs is 1. The van der Waals surface area contributed by atoms with Crippen LogP contribution in [-0.4, -0.2) is 67.4 Å². The molecule has 24 heavy (non-hydrogen) atoms. The predicted octanol–water partition coefficient (Wildman–Crippen LogP) is 0.227. The highest BCUT2D eigenvalue weighted by Crippen LogP contribution is 2.29. The van der Waals surface area contributed by atoms with Crippen LogP contribution in [0.1, 0.15) is 25.7 Å². The first-order valence-corrected chi connectivity index (χ1v) is 10.2. The summed E-state index contributed by atoms with van der Waals surface area (Å²) < 4.78 is 26.7. The van der Waals surface area contributed by atoms with Gasteiger partial charge in [-0.2, -0.15) is 0 Å². The molecule has 2 fully saturated rings. The lowest BCUT2D eigenvalue weighted by Gasteiger charge is -2.33. The van der Waals surface area contributed by atoms with Crippen LogP contribution in [0.15, 0.2) is 28.3 Å². The number of nitrogens with one attached hydrogen (secondary N) is 1. The first-order valence-electron chi connectivity index (χ1n) is 8.54. The van der Waals surface area contributed by atoms with E-state index in [1.54, 1.807) is 23.3 Å². The Morgan fingerprint density at radius 2 is 1.88 bits per heavy atom. The van der Waals surface area contributed by atoms with Crippen LogP contribution in [0, 0.1) is 0 Å². The normalized spacial score (nSPS) is 27.2. The van der Waals surface area contributed by atoms with Crippen LogP contribution in [0.4, 0.5) is 0 Å². The fourth-order valence-electron chi connectivity index (χ4n) is 3.45. The number of piperidine rings is 1. The van der Waals surface area contributed by atoms with Gasteiger partial charge in [0.05, 0.1) is 11.3 Å². The van der Waals surface area contributed by atoms with Gasteiger partial charge in [0, 0.05) is 37.9 Å². The summed E-state index contributed by atoms with van der Waals surface area (Å²) >= 11 is 0. The molecule has 130 valence electrons. The Bertz CT molecular complexity index is 728. The monoisotopic (exact) mass is 350 g/mol. The lowest BCUT2D eigenvalue weighted by Crippen LogP contribution is -2.46. The maximum absolute atomic E-state index is 12.5. The highest BCUT2D eigenvalue weighted by atomic mass is 32.2. The van der Waals surface area contributed by atoms with Crippen molar-refractivity contribution in [2.45, 2.75) is 37.8 Å². The van der Waals surface area contributed by atoms with Crippen LogP contribution >= 0.6 is 0 Å². The van der Waals surface area contributed by atoms with Crippen LogP contribution in [0.2, 0.25) is 0 Å². The largest absolute Gasteiger partial charge is 0.349 e. The molecule has 8 heteroatoms. The molecule has 0 bridgehead atoms. The molecule has 7 nitrogen and oxygen atoms in total. The van der Waals surface area contributed by atoms with E-state index in [1.807, 2.05) is 0 Å². The van der Waals surface area contributed by atoms with Crippen molar-refractivity contribution in [3.63, 3.8) is 0 Å². The molecule has 0 radical (unpaired) electrons. The summed E-state index contributed by atoms with van der Waals surface area (Å²) in [6.45, 7) is 2.46. The van der Waals surface area contributed by atoms with Crippen LogP contribution in [0.3, 0.4) is 0 Å². The second kappa shape index (κ2) is 6.00. The van der Waals surface area contributed by atoms with E-state index in [9.17, 15) is 13.2 Å². The molecular formula is C16H22N4O3S. The van der Waals surface area contributed by atoms with Crippen molar-refractivity contribution in [2.24, 2.45) is 4.40 Å². The molecule has 1 aliphatic carbocycles. The van der Waals surface area contributed by atoms with E-state index in [0.29, 0.717) is 18.0 Å². The highest BCUT2D eigenvalue weighted by Gasteiger charge is 2.32. The molecule has 0 spiro atoms. The minimum atomic E-state index is -3.36. The topological polar surface area (TPSA) is 82.1 Å². The summed E-state index contributed by atoms with van der Waals surface area (Å²) in [5.74, 6) is 0.272. The molecule has 0 atom stereocenters. The molecule has 1 N–H and O–H groups in total. The van der Waals surface area contributed by atoms with Crippen LogP contribution in [0.5, 0.6) is 0 Å². The molecular weight excluding hydrogens is 328 g/mol. The molecule has 0 aromatic heterocycles. The minimum Gasteiger partial charge on any atom is -0.349 e. The van der Waals surface area contributed by atoms with Crippen molar-refractivity contribution < 1.29 is 13.2 Å². The van der Waals surface area contributed by atoms with E-state index in [4.69, 9.17) is 0 Å². The number of nitrogens with zero attached hydrogens (tertiary/aromatic N) is 3. The van der Waals surface area contributed by atoms with Gasteiger partial charge in [0.15, 0.2) is 0 Å². The zero-order valence-corrected chi connectivity index (χ0v) is 14.3. The number of carbonyl (C=O) groups excluding carboxylic acids is 1. The van der Waals surface area contributed by atoms with E-state index in [2.05, 4.69) is 14.6 Å². The third-order valence-corrected chi connectivity index (χ3v) is 6.18. The predicted molar refractivity (Wildman–Crippen MR) is 90.9 cm³/mol. The second-order valence-electron chi connectivity index (χ2n) is 6.86. The summed E-state index contributed by atoms with van der Waals surface area (Å²) in [5.41, 5.74) is 0.554. The average molecular weight is 350 g/mol. The quantitative estimate of drug-likeness (QED) is 0.788. The van der Waals surface area contributed by atoms with Crippen LogP contribution in [-0.2, 0) is 14.8 Å². The van der Waals surface area contributed by atoms with Gasteiger partial charge in [-0.3, -0.25) is 4.79 Å². The van der Waals surface area contributed by atoms with Crippen molar-refractivity contribution in [3.05, 3.63) is 23.9 Å². The fourth-order valence-corrected chi connectivity index (χ4v) is 4.42. The number of amidine groups is 1. The SMILES string of the molecule is O=C(NC1CCN(C2CC2)CC1)C1=CN2CCS(=O)(=O)N=C2C=C1. The van der Waals surface area contributed by atoms with Gasteiger partial charge in [0.25, 0.3) is 15.9 Å². The van der Waals surface area contributed by atoms with Gasteiger partial charge in [0.2, 0.25) is 0 Å². The molecule has 0 unspecified atom stereocenters. The lowest BCUT2D eigenvalue weighted by molar-refractivity contribution is -0.118. The van der Waals surface area contributed by atoms with Gasteiger partial charge in [-0.05, 0) is 37.8 Å². The summed E-state index contributed by atoms with van der Waals surface area (Å²) in [7, 11) is -3.36. The van der Waals surface area contributed by atoms with E-state index in [0.717, 1.165) is 32.0 Å². The zero-order chi connectivity index (χ0) is 16.7. The Hall–Kier alpha value is -1.67. The van der Waals surface area contributed by atoms with Gasteiger partial charge in [-0.1, -0.05) is 0 Å². The molecule has 0 aromatic carbocycles. The maximum Gasteiger partial charge on any atom is 0.256 e. The van der Waals surface area contributed by atoms with Gasteiger partial charge in [-0.25, -0.2) is 8.42 Å². The summed E-state index contributed by atoms with van der Waals surface area (Å²) in [6, 6.07) is 1.01. The number of sulfonamides is 1. The fraction of sp³-hybridized carbons (Fsp3) is 0.625. The van der Waals surface area contributed by atoms with Gasteiger partial charge < -0.3 is 15.1 Å². The molecule has 3 aliphatic heterocycles. The number of hydrogen-bond acceptors (Lipinski definition) is 5. The van der Waals surface area contributed by atoms with Gasteiger partial charge in [-0.15, -0.1) is 4.40 Å². The van der Waals surface area contributed by atoms with Crippen molar-refractivity contribution in [1.29, 1.82) is 0 Å². The van der Waals surface area contributed by atoms with Crippen molar-refractivity contribution >= 4 is 21.8 Å². The third kappa shape index (κ3) is 3.39. The molecule has 3 heterocycles. The zero-order valence-electron chi connectivity index (χ0n) is 13.5. The van der Waals surface area contributed by atoms with Crippen LogP contribution < -0.4 is 5.32 Å². The molecule has 1 saturated carbocycles. The van der Waals surface area contributed by atoms with E-state index >= 15 is 0 Å². The Morgan fingerprint density at radius 3 is 2.58 bits per heavy atom. The van der Waals surface area contributed by atoms with Crippen molar-refractivity contribution in [2.75, 3.05) is 25.4 Å². The lowest BCUT2D eigenvalue weighted by atomic mass is 10.0. The van der Waals surface area contributed by atoms with Crippen molar-refractivity contribution in [1.82, 2.24) is 15.1 Å². The first-order chi connectivity index (χ1) is 11.5. The third-order valence-electron chi connectivity index (χ3n) is 5.01.